The molecule has 2 aromatic carbocycles. The molecule has 2 aromatic rings. The first kappa shape index (κ1) is 18.6. The minimum Gasteiger partial charge on any atom is -0.465 e. The van der Waals surface area contributed by atoms with Crippen molar-refractivity contribution < 1.29 is 19.4 Å². The predicted octanol–water partition coefficient (Wildman–Crippen LogP) is 2.81. The summed E-state index contributed by atoms with van der Waals surface area (Å²) in [7, 11) is 1.18. The van der Waals surface area contributed by atoms with Gasteiger partial charge >= 0.3 is 5.97 Å². The number of nitro groups is 2. The molecule has 0 aliphatic carbocycles. The van der Waals surface area contributed by atoms with Gasteiger partial charge in [0.05, 0.1) is 22.5 Å². The molecule has 0 bridgehead atoms. The molecule has 0 radical (unpaired) electrons. The van der Waals surface area contributed by atoms with Gasteiger partial charge in [0.15, 0.2) is 0 Å². The molecule has 0 heterocycles. The normalized spacial score (nSPS) is 10.0. The average molecular weight is 360 g/mol. The molecule has 0 spiro atoms. The number of ether oxygens (including phenoxy) is 1. The van der Waals surface area contributed by atoms with E-state index in [9.17, 15) is 25.0 Å². The molecular formula is C16H16N4O6. The number of nitrogens with zero attached hydrogens (tertiary/aromatic N) is 2. The van der Waals surface area contributed by atoms with Gasteiger partial charge < -0.3 is 15.4 Å². The van der Waals surface area contributed by atoms with E-state index in [1.165, 1.54) is 25.3 Å². The highest BCUT2D eigenvalue weighted by molar-refractivity contribution is 5.96. The number of hydrogen-bond acceptors (Lipinski definition) is 8. The van der Waals surface area contributed by atoms with Crippen molar-refractivity contribution >= 4 is 28.7 Å². The van der Waals surface area contributed by atoms with E-state index in [4.69, 9.17) is 0 Å². The molecular weight excluding hydrogens is 344 g/mol. The smallest absolute Gasteiger partial charge is 0.340 e. The standard InChI is InChI=1S/C16H16N4O6/c1-26-16(21)12-10-11(19(22)23)6-7-13(12)17-8-9-18-14-4-2-3-5-15(14)20(24)25/h2-7,10,17-18H,8-9H2,1H3. The number of carbonyl (C=O) groups is 1. The van der Waals surface area contributed by atoms with Gasteiger partial charge in [-0.3, -0.25) is 20.2 Å². The summed E-state index contributed by atoms with van der Waals surface area (Å²) in [6.07, 6.45) is 0. The number of para-hydroxylation sites is 2. The molecule has 0 saturated carbocycles. The van der Waals surface area contributed by atoms with Crippen molar-refractivity contribution in [3.05, 3.63) is 68.3 Å². The summed E-state index contributed by atoms with van der Waals surface area (Å²) < 4.78 is 4.64. The maximum absolute atomic E-state index is 11.8. The zero-order valence-electron chi connectivity index (χ0n) is 13.8. The van der Waals surface area contributed by atoms with Gasteiger partial charge in [0, 0.05) is 37.0 Å². The Morgan fingerprint density at radius 2 is 1.65 bits per heavy atom. The van der Waals surface area contributed by atoms with Crippen molar-refractivity contribution in [2.24, 2.45) is 0 Å². The molecule has 0 aliphatic heterocycles. The van der Waals surface area contributed by atoms with Crippen LogP contribution in [0.5, 0.6) is 0 Å². The summed E-state index contributed by atoms with van der Waals surface area (Å²) in [6.45, 7) is 0.635. The van der Waals surface area contributed by atoms with Gasteiger partial charge in [0.1, 0.15) is 5.69 Å². The van der Waals surface area contributed by atoms with Crippen molar-refractivity contribution in [1.29, 1.82) is 0 Å². The van der Waals surface area contributed by atoms with Crippen molar-refractivity contribution in [3.8, 4) is 0 Å². The Labute approximate surface area is 148 Å². The zero-order chi connectivity index (χ0) is 19.1. The molecule has 0 amide bonds. The molecule has 26 heavy (non-hydrogen) atoms. The first-order valence-corrected chi connectivity index (χ1v) is 7.52. The molecule has 10 nitrogen and oxygen atoms in total. The number of non-ortho nitro benzene ring substituents is 1. The lowest BCUT2D eigenvalue weighted by molar-refractivity contribution is -0.384. The lowest BCUT2D eigenvalue weighted by Gasteiger charge is -2.12. The maximum atomic E-state index is 11.8. The second-order valence-corrected chi connectivity index (χ2v) is 5.11. The minimum absolute atomic E-state index is 0.0346. The third kappa shape index (κ3) is 4.44. The van der Waals surface area contributed by atoms with Gasteiger partial charge in [-0.15, -0.1) is 0 Å². The summed E-state index contributed by atoms with van der Waals surface area (Å²) in [5, 5.41) is 27.7. The van der Waals surface area contributed by atoms with Crippen molar-refractivity contribution in [2.75, 3.05) is 30.8 Å². The van der Waals surface area contributed by atoms with E-state index in [1.54, 1.807) is 18.2 Å². The topological polar surface area (TPSA) is 137 Å². The van der Waals surface area contributed by atoms with Crippen LogP contribution in [0.1, 0.15) is 10.4 Å². The summed E-state index contributed by atoms with van der Waals surface area (Å²) >= 11 is 0. The average Bonchev–Trinajstić information content (AvgIpc) is 2.64. The van der Waals surface area contributed by atoms with Gasteiger partial charge in [-0.2, -0.15) is 0 Å². The van der Waals surface area contributed by atoms with E-state index >= 15 is 0 Å². The van der Waals surface area contributed by atoms with Gasteiger partial charge in [0.2, 0.25) is 0 Å². The highest BCUT2D eigenvalue weighted by Gasteiger charge is 2.17. The predicted molar refractivity (Wildman–Crippen MR) is 94.5 cm³/mol. The van der Waals surface area contributed by atoms with E-state index in [-0.39, 0.29) is 16.9 Å². The van der Waals surface area contributed by atoms with Crippen LogP contribution in [0, 0.1) is 20.2 Å². The van der Waals surface area contributed by atoms with Gasteiger partial charge in [-0.05, 0) is 12.1 Å². The number of carbonyl (C=O) groups excluding carboxylic acids is 1. The number of hydrogen-bond donors (Lipinski definition) is 2. The molecule has 0 fully saturated rings. The monoisotopic (exact) mass is 360 g/mol. The van der Waals surface area contributed by atoms with Gasteiger partial charge in [-0.1, -0.05) is 12.1 Å². The Bertz CT molecular complexity index is 839. The molecule has 0 aliphatic rings. The maximum Gasteiger partial charge on any atom is 0.340 e. The van der Waals surface area contributed by atoms with E-state index in [1.807, 2.05) is 0 Å². The van der Waals surface area contributed by atoms with Crippen LogP contribution >= 0.6 is 0 Å². The van der Waals surface area contributed by atoms with Gasteiger partial charge in [0.25, 0.3) is 11.4 Å². The van der Waals surface area contributed by atoms with Crippen LogP contribution in [0.3, 0.4) is 0 Å². The van der Waals surface area contributed by atoms with Crippen LogP contribution in [0.25, 0.3) is 0 Å². The number of anilines is 2. The summed E-state index contributed by atoms with van der Waals surface area (Å²) in [5.41, 5.74) is 0.502. The number of nitrogens with one attached hydrogen (secondary N) is 2. The Balaban J connectivity index is 2.05. The van der Waals surface area contributed by atoms with Crippen LogP contribution in [0.4, 0.5) is 22.7 Å². The number of nitro benzene ring substituents is 2. The van der Waals surface area contributed by atoms with Crippen molar-refractivity contribution in [2.45, 2.75) is 0 Å². The minimum atomic E-state index is -0.706. The Kier molecular flexibility index (Phi) is 6.04. The quantitative estimate of drug-likeness (QED) is 0.317. The highest BCUT2D eigenvalue weighted by Crippen LogP contribution is 2.24. The summed E-state index contributed by atoms with van der Waals surface area (Å²) in [6, 6.07) is 10.0. The fourth-order valence-corrected chi connectivity index (χ4v) is 2.26. The molecule has 10 heteroatoms. The largest absolute Gasteiger partial charge is 0.465 e. The van der Waals surface area contributed by atoms with Gasteiger partial charge in [-0.25, -0.2) is 4.79 Å². The second kappa shape index (κ2) is 8.42. The van der Waals surface area contributed by atoms with Crippen molar-refractivity contribution in [1.82, 2.24) is 0 Å². The molecule has 0 unspecified atom stereocenters. The SMILES string of the molecule is COC(=O)c1cc([N+](=O)[O-])ccc1NCCNc1ccccc1[N+](=O)[O-]. The van der Waals surface area contributed by atoms with E-state index < -0.39 is 15.8 Å². The Morgan fingerprint density at radius 3 is 2.27 bits per heavy atom. The fourth-order valence-electron chi connectivity index (χ4n) is 2.26. The number of benzene rings is 2. The lowest BCUT2D eigenvalue weighted by atomic mass is 10.1. The number of methoxy groups -OCH3 is 1. The van der Waals surface area contributed by atoms with Crippen LogP contribution < -0.4 is 10.6 Å². The van der Waals surface area contributed by atoms with Crippen LogP contribution in [0.2, 0.25) is 0 Å². The molecule has 2 rings (SSSR count). The molecule has 0 aromatic heterocycles. The second-order valence-electron chi connectivity index (χ2n) is 5.11. The van der Waals surface area contributed by atoms with E-state index in [0.29, 0.717) is 24.5 Å². The van der Waals surface area contributed by atoms with E-state index in [2.05, 4.69) is 15.4 Å². The number of esters is 1. The van der Waals surface area contributed by atoms with Crippen molar-refractivity contribution in [3.63, 3.8) is 0 Å². The zero-order valence-corrected chi connectivity index (χ0v) is 13.8. The molecule has 0 atom stereocenters. The summed E-state index contributed by atoms with van der Waals surface area (Å²) in [5.74, 6) is -0.706. The van der Waals surface area contributed by atoms with Crippen LogP contribution in [0.15, 0.2) is 42.5 Å². The third-order valence-electron chi connectivity index (χ3n) is 3.48. The Morgan fingerprint density at radius 1 is 1.00 bits per heavy atom. The summed E-state index contributed by atoms with van der Waals surface area (Å²) in [4.78, 5) is 32.5. The van der Waals surface area contributed by atoms with Crippen LogP contribution in [-0.2, 0) is 4.74 Å². The molecule has 136 valence electrons. The lowest BCUT2D eigenvalue weighted by Crippen LogP contribution is -2.16. The van der Waals surface area contributed by atoms with E-state index in [0.717, 1.165) is 6.07 Å². The first-order chi connectivity index (χ1) is 12.4. The van der Waals surface area contributed by atoms with Crippen LogP contribution in [-0.4, -0.2) is 36.0 Å². The number of rotatable bonds is 8. The highest BCUT2D eigenvalue weighted by atomic mass is 16.6. The fraction of sp³-hybridized carbons (Fsp3) is 0.188. The first-order valence-electron chi connectivity index (χ1n) is 7.52. The molecule has 2 N–H and O–H groups in total. The Hall–Kier alpha value is -3.69. The third-order valence-corrected chi connectivity index (χ3v) is 3.48. The molecule has 0 saturated heterocycles.